The predicted molar refractivity (Wildman–Crippen MR) is 69.2 cm³/mol. The lowest BCUT2D eigenvalue weighted by Gasteiger charge is -2.16. The Labute approximate surface area is 103 Å². The molecule has 0 aromatic rings. The molecule has 17 heavy (non-hydrogen) atoms. The van der Waals surface area contributed by atoms with Crippen LogP contribution in [0.15, 0.2) is 24.6 Å². The Bertz CT molecular complexity index is 325. The lowest BCUT2D eigenvalue weighted by molar-refractivity contribution is -0.124. The van der Waals surface area contributed by atoms with Gasteiger partial charge in [-0.25, -0.2) is 0 Å². The maximum absolute atomic E-state index is 11.5. The molecule has 0 saturated carbocycles. The topological polar surface area (TPSA) is 58.2 Å². The summed E-state index contributed by atoms with van der Waals surface area (Å²) in [4.78, 5) is 23.0. The number of Topliss-reactive ketones (excluding diaryl/α,β-unsaturated/α-hetero) is 1. The highest BCUT2D eigenvalue weighted by Crippen LogP contribution is 2.18. The molecule has 0 aliphatic rings. The van der Waals surface area contributed by atoms with Gasteiger partial charge in [0.25, 0.3) is 5.91 Å². The van der Waals surface area contributed by atoms with E-state index in [9.17, 15) is 9.59 Å². The van der Waals surface area contributed by atoms with E-state index >= 15 is 0 Å². The van der Waals surface area contributed by atoms with Gasteiger partial charge in [0.1, 0.15) is 0 Å². The molecule has 4 heteroatoms. The molecular formula is C13H22N2O2. The Hall–Kier alpha value is -1.58. The first-order valence-corrected chi connectivity index (χ1v) is 5.63. The molecule has 1 amide bonds. The van der Waals surface area contributed by atoms with Crippen LogP contribution >= 0.6 is 0 Å². The van der Waals surface area contributed by atoms with Gasteiger partial charge in [0.05, 0.1) is 12.2 Å². The predicted octanol–water partition coefficient (Wildman–Crippen LogP) is 1.74. The van der Waals surface area contributed by atoms with Crippen molar-refractivity contribution < 1.29 is 9.59 Å². The third kappa shape index (κ3) is 8.25. The molecule has 0 bridgehead atoms. The van der Waals surface area contributed by atoms with Crippen LogP contribution in [0.5, 0.6) is 0 Å². The Kier molecular flexibility index (Phi) is 6.25. The van der Waals surface area contributed by atoms with Crippen molar-refractivity contribution in [1.29, 1.82) is 0 Å². The van der Waals surface area contributed by atoms with E-state index < -0.39 is 0 Å². The molecule has 0 aromatic carbocycles. The molecule has 0 rings (SSSR count). The number of rotatable bonds is 6. The molecule has 0 spiro atoms. The van der Waals surface area contributed by atoms with Crippen molar-refractivity contribution in [1.82, 2.24) is 10.6 Å². The van der Waals surface area contributed by atoms with Crippen LogP contribution in [0.4, 0.5) is 0 Å². The van der Waals surface area contributed by atoms with Crippen LogP contribution in [0.2, 0.25) is 0 Å². The molecule has 2 N–H and O–H groups in total. The van der Waals surface area contributed by atoms with Gasteiger partial charge in [-0.1, -0.05) is 33.4 Å². The summed E-state index contributed by atoms with van der Waals surface area (Å²) in [5.74, 6) is -0.338. The Morgan fingerprint density at radius 1 is 1.29 bits per heavy atom. The molecule has 0 aromatic heterocycles. The van der Waals surface area contributed by atoms with Crippen LogP contribution < -0.4 is 10.6 Å². The molecular weight excluding hydrogens is 216 g/mol. The summed E-state index contributed by atoms with van der Waals surface area (Å²) in [6.45, 7) is 11.4. The largest absolute Gasteiger partial charge is 0.358 e. The second-order valence-electron chi connectivity index (χ2n) is 5.08. The van der Waals surface area contributed by atoms with Crippen LogP contribution in [-0.4, -0.2) is 18.2 Å². The Morgan fingerprint density at radius 2 is 1.88 bits per heavy atom. The molecule has 0 heterocycles. The first kappa shape index (κ1) is 15.4. The van der Waals surface area contributed by atoms with Crippen molar-refractivity contribution in [3.05, 3.63) is 24.6 Å². The summed E-state index contributed by atoms with van der Waals surface area (Å²) in [5, 5.41) is 5.23. The van der Waals surface area contributed by atoms with Crippen molar-refractivity contribution in [3.8, 4) is 0 Å². The minimum absolute atomic E-state index is 0.0182. The standard InChI is InChI=1S/C13H22N2O2/c1-6-7-14-10(2)12(17)15-9-11(16)8-13(3,4)5/h6-7,14H,2,8-9H2,1,3-5H3,(H,15,17)/b7-6-. The van der Waals surface area contributed by atoms with E-state index in [2.05, 4.69) is 17.2 Å². The van der Waals surface area contributed by atoms with E-state index in [1.54, 1.807) is 12.3 Å². The highest BCUT2D eigenvalue weighted by molar-refractivity contribution is 5.95. The highest BCUT2D eigenvalue weighted by Gasteiger charge is 2.16. The van der Waals surface area contributed by atoms with Crippen LogP contribution in [0, 0.1) is 5.41 Å². The first-order chi connectivity index (χ1) is 7.76. The van der Waals surface area contributed by atoms with Crippen LogP contribution in [0.1, 0.15) is 34.1 Å². The minimum atomic E-state index is -0.356. The van der Waals surface area contributed by atoms with Gasteiger partial charge < -0.3 is 10.6 Å². The van der Waals surface area contributed by atoms with Gasteiger partial charge in [-0.2, -0.15) is 0 Å². The zero-order valence-electron chi connectivity index (χ0n) is 11.1. The van der Waals surface area contributed by atoms with Gasteiger partial charge in [0, 0.05) is 6.42 Å². The number of carbonyl (C=O) groups is 2. The van der Waals surface area contributed by atoms with Crippen molar-refractivity contribution in [2.75, 3.05) is 6.54 Å². The van der Waals surface area contributed by atoms with Gasteiger partial charge in [-0.15, -0.1) is 0 Å². The molecule has 0 radical (unpaired) electrons. The fraction of sp³-hybridized carbons (Fsp3) is 0.538. The average molecular weight is 238 g/mol. The lowest BCUT2D eigenvalue weighted by atomic mass is 9.90. The van der Waals surface area contributed by atoms with E-state index in [4.69, 9.17) is 0 Å². The Morgan fingerprint density at radius 3 is 2.35 bits per heavy atom. The van der Waals surface area contributed by atoms with Crippen molar-refractivity contribution in [3.63, 3.8) is 0 Å². The molecule has 0 saturated heterocycles. The maximum Gasteiger partial charge on any atom is 0.267 e. The molecule has 0 aliphatic carbocycles. The van der Waals surface area contributed by atoms with Crippen LogP contribution in [-0.2, 0) is 9.59 Å². The molecule has 0 atom stereocenters. The van der Waals surface area contributed by atoms with E-state index in [1.807, 2.05) is 27.7 Å². The number of nitrogens with one attached hydrogen (secondary N) is 2. The number of hydrogen-bond donors (Lipinski definition) is 2. The normalized spacial score (nSPS) is 11.3. The smallest absolute Gasteiger partial charge is 0.267 e. The number of carbonyl (C=O) groups excluding carboxylic acids is 2. The van der Waals surface area contributed by atoms with Gasteiger partial charge in [0.2, 0.25) is 0 Å². The zero-order valence-corrected chi connectivity index (χ0v) is 11.1. The number of ketones is 1. The second kappa shape index (κ2) is 6.89. The number of amides is 1. The maximum atomic E-state index is 11.5. The number of hydrogen-bond acceptors (Lipinski definition) is 3. The summed E-state index contributed by atoms with van der Waals surface area (Å²) in [6.07, 6.45) is 3.81. The van der Waals surface area contributed by atoms with E-state index in [1.165, 1.54) is 0 Å². The fourth-order valence-electron chi connectivity index (χ4n) is 1.19. The van der Waals surface area contributed by atoms with Crippen molar-refractivity contribution >= 4 is 11.7 Å². The number of allylic oxidation sites excluding steroid dienone is 1. The first-order valence-electron chi connectivity index (χ1n) is 5.63. The molecule has 4 nitrogen and oxygen atoms in total. The monoisotopic (exact) mass is 238 g/mol. The summed E-state index contributed by atoms with van der Waals surface area (Å²) in [7, 11) is 0. The van der Waals surface area contributed by atoms with E-state index in [-0.39, 0.29) is 29.3 Å². The summed E-state index contributed by atoms with van der Waals surface area (Å²) in [5.41, 5.74) is 0.175. The third-order valence-corrected chi connectivity index (χ3v) is 1.87. The van der Waals surface area contributed by atoms with Gasteiger partial charge >= 0.3 is 0 Å². The van der Waals surface area contributed by atoms with Gasteiger partial charge in [0.15, 0.2) is 5.78 Å². The van der Waals surface area contributed by atoms with E-state index in [0.717, 1.165) is 0 Å². The van der Waals surface area contributed by atoms with Crippen molar-refractivity contribution in [2.24, 2.45) is 5.41 Å². The van der Waals surface area contributed by atoms with Crippen molar-refractivity contribution in [2.45, 2.75) is 34.1 Å². The molecule has 96 valence electrons. The lowest BCUT2D eigenvalue weighted by Crippen LogP contribution is -2.34. The van der Waals surface area contributed by atoms with Crippen LogP contribution in [0.25, 0.3) is 0 Å². The minimum Gasteiger partial charge on any atom is -0.358 e. The average Bonchev–Trinajstić information content (AvgIpc) is 2.20. The quantitative estimate of drug-likeness (QED) is 0.693. The zero-order chi connectivity index (χ0) is 13.5. The fourth-order valence-corrected chi connectivity index (χ4v) is 1.19. The molecule has 0 aliphatic heterocycles. The summed E-state index contributed by atoms with van der Waals surface area (Å²) < 4.78 is 0. The molecule has 0 fully saturated rings. The van der Waals surface area contributed by atoms with Gasteiger partial charge in [-0.05, 0) is 18.5 Å². The SMILES string of the molecule is C=C(N/C=C\C)C(=O)NCC(=O)CC(C)(C)C. The highest BCUT2D eigenvalue weighted by atomic mass is 16.2. The molecule has 0 unspecified atom stereocenters. The van der Waals surface area contributed by atoms with E-state index in [0.29, 0.717) is 6.42 Å². The Balaban J connectivity index is 4.00. The summed E-state index contributed by atoms with van der Waals surface area (Å²) >= 11 is 0. The summed E-state index contributed by atoms with van der Waals surface area (Å²) in [6, 6.07) is 0. The second-order valence-corrected chi connectivity index (χ2v) is 5.08. The van der Waals surface area contributed by atoms with Crippen LogP contribution in [0.3, 0.4) is 0 Å². The third-order valence-electron chi connectivity index (χ3n) is 1.87. The van der Waals surface area contributed by atoms with Gasteiger partial charge in [-0.3, -0.25) is 9.59 Å².